The Hall–Kier alpha value is -3.22. The Morgan fingerprint density at radius 3 is 2.77 bits per heavy atom. The van der Waals surface area contributed by atoms with Crippen LogP contribution in [0.2, 0.25) is 0 Å². The molecule has 132 valence electrons. The number of hydrogen-bond acceptors (Lipinski definition) is 4. The number of piperidine rings is 1. The molecule has 1 amide bonds. The van der Waals surface area contributed by atoms with Crippen LogP contribution < -0.4 is 5.56 Å². The van der Waals surface area contributed by atoms with Gasteiger partial charge in [-0.1, -0.05) is 12.1 Å². The molecule has 2 aromatic heterocycles. The van der Waals surface area contributed by atoms with Gasteiger partial charge in [-0.15, -0.1) is 0 Å². The molecule has 26 heavy (non-hydrogen) atoms. The Morgan fingerprint density at radius 1 is 1.19 bits per heavy atom. The average molecular weight is 349 g/mol. The molecule has 7 heteroatoms. The van der Waals surface area contributed by atoms with Gasteiger partial charge in [0.2, 0.25) is 0 Å². The number of benzene rings is 1. The first-order chi connectivity index (χ1) is 12.7. The fourth-order valence-electron chi connectivity index (χ4n) is 3.40. The number of aromatic amines is 2. The fraction of sp³-hybridized carbons (Fsp3) is 0.263. The third-order valence-corrected chi connectivity index (χ3v) is 4.77. The van der Waals surface area contributed by atoms with Crippen LogP contribution in [-0.2, 0) is 0 Å². The molecular formula is C19H19N5O2. The van der Waals surface area contributed by atoms with Gasteiger partial charge in [0.05, 0.1) is 17.7 Å². The van der Waals surface area contributed by atoms with Crippen molar-refractivity contribution < 1.29 is 4.79 Å². The minimum atomic E-state index is -0.159. The average Bonchev–Trinajstić information content (AvgIpc) is 3.22. The van der Waals surface area contributed by atoms with E-state index in [9.17, 15) is 9.59 Å². The number of amides is 1. The Balaban J connectivity index is 1.50. The highest BCUT2D eigenvalue weighted by Gasteiger charge is 2.26. The summed E-state index contributed by atoms with van der Waals surface area (Å²) in [6, 6.07) is 10.9. The van der Waals surface area contributed by atoms with Gasteiger partial charge in [-0.05, 0) is 36.6 Å². The van der Waals surface area contributed by atoms with Crippen molar-refractivity contribution in [3.05, 3.63) is 70.5 Å². The molecule has 0 saturated carbocycles. The fourth-order valence-corrected chi connectivity index (χ4v) is 3.40. The van der Waals surface area contributed by atoms with E-state index in [0.29, 0.717) is 12.1 Å². The van der Waals surface area contributed by atoms with Crippen LogP contribution in [0.25, 0.3) is 11.3 Å². The monoisotopic (exact) mass is 349 g/mol. The predicted octanol–water partition coefficient (Wildman–Crippen LogP) is 2.18. The number of carbonyl (C=O) groups is 1. The lowest BCUT2D eigenvalue weighted by Crippen LogP contribution is -2.39. The molecule has 3 heterocycles. The van der Waals surface area contributed by atoms with Crippen LogP contribution in [0.3, 0.4) is 0 Å². The molecular weight excluding hydrogens is 330 g/mol. The summed E-state index contributed by atoms with van der Waals surface area (Å²) < 4.78 is 0. The summed E-state index contributed by atoms with van der Waals surface area (Å²) in [7, 11) is 0. The zero-order valence-corrected chi connectivity index (χ0v) is 14.2. The number of carbonyl (C=O) groups excluding carboxylic acids is 1. The third-order valence-electron chi connectivity index (χ3n) is 4.77. The van der Waals surface area contributed by atoms with Crippen LogP contribution in [0.4, 0.5) is 0 Å². The van der Waals surface area contributed by atoms with E-state index in [4.69, 9.17) is 0 Å². The van der Waals surface area contributed by atoms with E-state index < -0.39 is 0 Å². The summed E-state index contributed by atoms with van der Waals surface area (Å²) in [6.45, 7) is 1.30. The SMILES string of the molecule is O=C(c1ccc(-c2ccn[nH]2)cc1)N1CCC[C@H](c2cc(=O)[nH]cn2)C1. The molecule has 0 spiro atoms. The van der Waals surface area contributed by atoms with Crippen molar-refractivity contribution in [1.29, 1.82) is 0 Å². The van der Waals surface area contributed by atoms with Crippen LogP contribution in [-0.4, -0.2) is 44.1 Å². The normalized spacial score (nSPS) is 17.2. The number of nitrogens with zero attached hydrogens (tertiary/aromatic N) is 3. The molecule has 0 unspecified atom stereocenters. The van der Waals surface area contributed by atoms with Gasteiger partial charge < -0.3 is 9.88 Å². The van der Waals surface area contributed by atoms with Crippen LogP contribution in [0.5, 0.6) is 0 Å². The molecule has 1 saturated heterocycles. The highest BCUT2D eigenvalue weighted by Crippen LogP contribution is 2.26. The summed E-state index contributed by atoms with van der Waals surface area (Å²) in [5.41, 5.74) is 3.16. The van der Waals surface area contributed by atoms with Crippen LogP contribution in [0.1, 0.15) is 34.8 Å². The molecule has 3 aromatic rings. The molecule has 1 atom stereocenters. The zero-order valence-electron chi connectivity index (χ0n) is 14.2. The highest BCUT2D eigenvalue weighted by molar-refractivity contribution is 5.94. The summed E-state index contributed by atoms with van der Waals surface area (Å²) in [5, 5.41) is 6.86. The smallest absolute Gasteiger partial charge is 0.253 e. The molecule has 7 nitrogen and oxygen atoms in total. The van der Waals surface area contributed by atoms with E-state index in [0.717, 1.165) is 36.3 Å². The lowest BCUT2D eigenvalue weighted by Gasteiger charge is -2.32. The van der Waals surface area contributed by atoms with E-state index in [-0.39, 0.29) is 17.4 Å². The second-order valence-electron chi connectivity index (χ2n) is 6.47. The summed E-state index contributed by atoms with van der Waals surface area (Å²) in [5.74, 6) is 0.106. The number of rotatable bonds is 3. The number of likely N-dealkylation sites (tertiary alicyclic amines) is 1. The number of hydrogen-bond donors (Lipinski definition) is 2. The minimum absolute atomic E-state index is 0.00991. The van der Waals surface area contributed by atoms with E-state index in [1.54, 1.807) is 6.20 Å². The van der Waals surface area contributed by atoms with Crippen LogP contribution in [0, 0.1) is 0 Å². The van der Waals surface area contributed by atoms with Crippen molar-refractivity contribution in [1.82, 2.24) is 25.1 Å². The molecule has 0 bridgehead atoms. The topological polar surface area (TPSA) is 94.7 Å². The van der Waals surface area contributed by atoms with Crippen LogP contribution >= 0.6 is 0 Å². The lowest BCUT2D eigenvalue weighted by molar-refractivity contribution is 0.0706. The molecule has 0 radical (unpaired) electrons. The van der Waals surface area contributed by atoms with Crippen molar-refractivity contribution in [2.24, 2.45) is 0 Å². The van der Waals surface area contributed by atoms with Gasteiger partial charge in [0.1, 0.15) is 0 Å². The second kappa shape index (κ2) is 6.95. The Kier molecular flexibility index (Phi) is 4.35. The van der Waals surface area contributed by atoms with Gasteiger partial charge in [0, 0.05) is 36.8 Å². The van der Waals surface area contributed by atoms with Gasteiger partial charge in [0.15, 0.2) is 0 Å². The molecule has 1 aliphatic rings. The van der Waals surface area contributed by atoms with Gasteiger partial charge in [-0.2, -0.15) is 5.10 Å². The van der Waals surface area contributed by atoms with Gasteiger partial charge in [0.25, 0.3) is 11.5 Å². The third kappa shape index (κ3) is 3.28. The standard InChI is InChI=1S/C19H19N5O2/c25-18-10-17(20-12-21-18)15-2-1-9-24(11-15)19(26)14-5-3-13(4-6-14)16-7-8-22-23-16/h3-8,10,12,15H,1-2,9,11H2,(H,22,23)(H,20,21,25)/t15-/m0/s1. The van der Waals surface area contributed by atoms with Gasteiger partial charge in [-0.25, -0.2) is 4.98 Å². The Bertz CT molecular complexity index is 947. The second-order valence-corrected chi connectivity index (χ2v) is 6.47. The van der Waals surface area contributed by atoms with Crippen molar-refractivity contribution in [2.45, 2.75) is 18.8 Å². The highest BCUT2D eigenvalue weighted by atomic mass is 16.2. The van der Waals surface area contributed by atoms with Gasteiger partial charge >= 0.3 is 0 Å². The maximum Gasteiger partial charge on any atom is 0.253 e. The first-order valence-corrected chi connectivity index (χ1v) is 8.64. The van der Waals surface area contributed by atoms with E-state index in [1.165, 1.54) is 12.4 Å². The summed E-state index contributed by atoms with van der Waals surface area (Å²) >= 11 is 0. The van der Waals surface area contributed by atoms with Crippen molar-refractivity contribution in [2.75, 3.05) is 13.1 Å². The first-order valence-electron chi connectivity index (χ1n) is 8.64. The molecule has 1 aliphatic heterocycles. The molecule has 4 rings (SSSR count). The van der Waals surface area contributed by atoms with E-state index in [1.807, 2.05) is 35.2 Å². The lowest BCUT2D eigenvalue weighted by atomic mass is 9.94. The quantitative estimate of drug-likeness (QED) is 0.758. The van der Waals surface area contributed by atoms with Crippen LogP contribution in [0.15, 0.2) is 53.7 Å². The molecule has 0 aliphatic carbocycles. The first kappa shape index (κ1) is 16.3. The van der Waals surface area contributed by atoms with Crippen molar-refractivity contribution in [3.63, 3.8) is 0 Å². The maximum absolute atomic E-state index is 12.9. The molecule has 1 aromatic carbocycles. The van der Waals surface area contributed by atoms with Crippen molar-refractivity contribution >= 4 is 5.91 Å². The van der Waals surface area contributed by atoms with E-state index in [2.05, 4.69) is 20.2 Å². The Labute approximate surface area is 150 Å². The molecule has 2 N–H and O–H groups in total. The van der Waals surface area contributed by atoms with Gasteiger partial charge in [-0.3, -0.25) is 14.7 Å². The van der Waals surface area contributed by atoms with E-state index >= 15 is 0 Å². The summed E-state index contributed by atoms with van der Waals surface area (Å²) in [6.07, 6.45) is 4.95. The largest absolute Gasteiger partial charge is 0.338 e. The Morgan fingerprint density at radius 2 is 2.04 bits per heavy atom. The maximum atomic E-state index is 12.9. The predicted molar refractivity (Wildman–Crippen MR) is 96.8 cm³/mol. The number of nitrogens with one attached hydrogen (secondary N) is 2. The minimum Gasteiger partial charge on any atom is -0.338 e. The van der Waals surface area contributed by atoms with Crippen molar-refractivity contribution in [3.8, 4) is 11.3 Å². The zero-order chi connectivity index (χ0) is 17.9. The summed E-state index contributed by atoms with van der Waals surface area (Å²) in [4.78, 5) is 33.0. The number of H-pyrrole nitrogens is 2. The number of aromatic nitrogens is 4. The molecule has 1 fully saturated rings.